The molecule has 0 bridgehead atoms. The van der Waals surface area contributed by atoms with E-state index in [4.69, 9.17) is 0 Å². The molecule has 0 spiro atoms. The van der Waals surface area contributed by atoms with Gasteiger partial charge >= 0.3 is 0 Å². The second-order valence-corrected chi connectivity index (χ2v) is 6.85. The first-order valence-electron chi connectivity index (χ1n) is 6.61. The number of halogens is 1. The summed E-state index contributed by atoms with van der Waals surface area (Å²) in [6.07, 6.45) is 0.505. The van der Waals surface area contributed by atoms with Crippen molar-refractivity contribution in [2.75, 3.05) is 26.7 Å². The molecule has 4 N–H and O–H groups in total. The van der Waals surface area contributed by atoms with Crippen LogP contribution in [0.15, 0.2) is 29.2 Å². The molecule has 1 fully saturated rings. The maximum Gasteiger partial charge on any atom is 0.251 e. The molecule has 1 aromatic carbocycles. The lowest BCUT2D eigenvalue weighted by molar-refractivity contribution is 0.0667. The minimum Gasteiger partial charge on any atom is -0.387 e. The number of amides is 1. The van der Waals surface area contributed by atoms with Gasteiger partial charge in [-0.2, -0.15) is 0 Å². The van der Waals surface area contributed by atoms with E-state index in [1.54, 1.807) is 0 Å². The molecule has 0 saturated carbocycles. The van der Waals surface area contributed by atoms with Gasteiger partial charge in [-0.25, -0.2) is 13.1 Å². The third-order valence-corrected chi connectivity index (χ3v) is 4.88. The molecule has 1 atom stereocenters. The summed E-state index contributed by atoms with van der Waals surface area (Å²) < 4.78 is 26.7. The monoisotopic (exact) mass is 349 g/mol. The van der Waals surface area contributed by atoms with Gasteiger partial charge < -0.3 is 15.7 Å². The van der Waals surface area contributed by atoms with Crippen molar-refractivity contribution in [2.24, 2.45) is 0 Å². The summed E-state index contributed by atoms with van der Waals surface area (Å²) in [6.45, 7) is 0.990. The number of β-amino-alcohol motifs (C(OH)–C–C–N with tert-alkyl or cyclic N) is 1. The molecule has 0 aromatic heterocycles. The quantitative estimate of drug-likeness (QED) is 0.571. The van der Waals surface area contributed by atoms with Crippen molar-refractivity contribution >= 4 is 28.3 Å². The van der Waals surface area contributed by atoms with E-state index >= 15 is 0 Å². The van der Waals surface area contributed by atoms with E-state index in [0.717, 1.165) is 0 Å². The van der Waals surface area contributed by atoms with E-state index in [0.29, 0.717) is 25.1 Å². The van der Waals surface area contributed by atoms with E-state index in [2.05, 4.69) is 15.4 Å². The highest BCUT2D eigenvalue weighted by Crippen LogP contribution is 2.15. The summed E-state index contributed by atoms with van der Waals surface area (Å²) in [5.41, 5.74) is -0.662. The Hall–Kier alpha value is -1.19. The van der Waals surface area contributed by atoms with Gasteiger partial charge in [-0.3, -0.25) is 4.79 Å². The first-order chi connectivity index (χ1) is 9.86. The molecule has 1 unspecified atom stereocenters. The molecule has 1 aliphatic rings. The minimum atomic E-state index is -3.70. The van der Waals surface area contributed by atoms with Gasteiger partial charge in [-0.1, -0.05) is 0 Å². The van der Waals surface area contributed by atoms with E-state index < -0.39 is 15.6 Å². The lowest BCUT2D eigenvalue weighted by Gasteiger charge is -2.21. The molecule has 22 heavy (non-hydrogen) atoms. The minimum absolute atomic E-state index is 0. The number of aliphatic hydroxyl groups is 1. The number of hydrogen-bond donors (Lipinski definition) is 4. The first-order valence-corrected chi connectivity index (χ1v) is 8.10. The molecule has 0 radical (unpaired) electrons. The van der Waals surface area contributed by atoms with E-state index in [-0.39, 0.29) is 29.8 Å². The zero-order valence-corrected chi connectivity index (χ0v) is 13.8. The Balaban J connectivity index is 0.00000242. The highest BCUT2D eigenvalue weighted by molar-refractivity contribution is 7.89. The summed E-state index contributed by atoms with van der Waals surface area (Å²) >= 11 is 0. The van der Waals surface area contributed by atoms with Crippen molar-refractivity contribution in [3.63, 3.8) is 0 Å². The van der Waals surface area contributed by atoms with Gasteiger partial charge in [0.25, 0.3) is 5.91 Å². The lowest BCUT2D eigenvalue weighted by Crippen LogP contribution is -2.44. The molecule has 7 nitrogen and oxygen atoms in total. The molecule has 0 aliphatic carbocycles. The normalized spacial score (nSPS) is 21.2. The van der Waals surface area contributed by atoms with Crippen molar-refractivity contribution in [3.05, 3.63) is 29.8 Å². The number of carbonyl (C=O) groups excluding carboxylic acids is 1. The van der Waals surface area contributed by atoms with Gasteiger partial charge in [-0.05, 0) is 37.2 Å². The molecule has 124 valence electrons. The maximum atomic E-state index is 12.1. The molecular formula is C13H20ClN3O4S. The topological polar surface area (TPSA) is 108 Å². The number of hydrogen-bond acceptors (Lipinski definition) is 5. The van der Waals surface area contributed by atoms with E-state index in [1.807, 2.05) is 0 Å². The van der Waals surface area contributed by atoms with Gasteiger partial charge in [0.2, 0.25) is 10.0 Å². The van der Waals surface area contributed by atoms with Crippen LogP contribution in [0.5, 0.6) is 0 Å². The SMILES string of the molecule is CNC(=O)c1ccc(S(=O)(=O)NCC2(O)CCNC2)cc1.Cl. The van der Waals surface area contributed by atoms with Gasteiger partial charge in [0.15, 0.2) is 0 Å². The number of carbonyl (C=O) groups is 1. The number of rotatable bonds is 5. The van der Waals surface area contributed by atoms with Gasteiger partial charge in [0, 0.05) is 25.7 Å². The predicted molar refractivity (Wildman–Crippen MR) is 84.7 cm³/mol. The standard InChI is InChI=1S/C13H19N3O4S.ClH/c1-14-12(17)10-2-4-11(5-3-10)21(19,20)16-9-13(18)6-7-15-8-13;/h2-5,15-16,18H,6-9H2,1H3,(H,14,17);1H. The Morgan fingerprint density at radius 1 is 1.36 bits per heavy atom. The van der Waals surface area contributed by atoms with Crippen LogP contribution in [0, 0.1) is 0 Å². The Morgan fingerprint density at radius 2 is 2.00 bits per heavy atom. The third-order valence-electron chi connectivity index (χ3n) is 3.47. The zero-order chi connectivity index (χ0) is 15.5. The molecule has 1 amide bonds. The highest BCUT2D eigenvalue weighted by Gasteiger charge is 2.32. The Bertz CT molecular complexity index is 613. The van der Waals surface area contributed by atoms with Gasteiger partial charge in [0.1, 0.15) is 0 Å². The van der Waals surface area contributed by atoms with Crippen molar-refractivity contribution in [3.8, 4) is 0 Å². The van der Waals surface area contributed by atoms with Crippen LogP contribution >= 0.6 is 12.4 Å². The van der Waals surface area contributed by atoms with Crippen LogP contribution in [-0.2, 0) is 10.0 Å². The molecule has 9 heteroatoms. The summed E-state index contributed by atoms with van der Waals surface area (Å²) in [7, 11) is -2.20. The average Bonchev–Trinajstić information content (AvgIpc) is 2.92. The lowest BCUT2D eigenvalue weighted by atomic mass is 10.1. The number of sulfonamides is 1. The fraction of sp³-hybridized carbons (Fsp3) is 0.462. The number of benzene rings is 1. The third kappa shape index (κ3) is 4.40. The van der Waals surface area contributed by atoms with Crippen LogP contribution in [0.4, 0.5) is 0 Å². The van der Waals surface area contributed by atoms with Gasteiger partial charge in [0.05, 0.1) is 10.5 Å². The van der Waals surface area contributed by atoms with Crippen LogP contribution in [0.2, 0.25) is 0 Å². The fourth-order valence-electron chi connectivity index (χ4n) is 2.12. The maximum absolute atomic E-state index is 12.1. The Kier molecular flexibility index (Phi) is 6.33. The summed E-state index contributed by atoms with van der Waals surface area (Å²) in [5, 5.41) is 15.6. The van der Waals surface area contributed by atoms with E-state index in [1.165, 1.54) is 31.3 Å². The Morgan fingerprint density at radius 3 is 2.50 bits per heavy atom. The van der Waals surface area contributed by atoms with Gasteiger partial charge in [-0.15, -0.1) is 12.4 Å². The van der Waals surface area contributed by atoms with Crippen molar-refractivity contribution in [1.82, 2.24) is 15.4 Å². The van der Waals surface area contributed by atoms with Crippen LogP contribution in [0.25, 0.3) is 0 Å². The molecule has 2 rings (SSSR count). The Labute approximate surface area is 135 Å². The van der Waals surface area contributed by atoms with Crippen molar-refractivity contribution in [1.29, 1.82) is 0 Å². The molecule has 1 aromatic rings. The smallest absolute Gasteiger partial charge is 0.251 e. The van der Waals surface area contributed by atoms with Crippen LogP contribution in [0.3, 0.4) is 0 Å². The van der Waals surface area contributed by atoms with Crippen LogP contribution < -0.4 is 15.4 Å². The number of nitrogens with one attached hydrogen (secondary N) is 3. The summed E-state index contributed by atoms with van der Waals surface area (Å²) in [6, 6.07) is 5.62. The second-order valence-electron chi connectivity index (χ2n) is 5.08. The largest absolute Gasteiger partial charge is 0.387 e. The summed E-state index contributed by atoms with van der Waals surface area (Å²) in [4.78, 5) is 11.5. The molecular weight excluding hydrogens is 330 g/mol. The van der Waals surface area contributed by atoms with Crippen molar-refractivity contribution in [2.45, 2.75) is 16.9 Å². The summed E-state index contributed by atoms with van der Waals surface area (Å²) in [5.74, 6) is -0.279. The van der Waals surface area contributed by atoms with E-state index in [9.17, 15) is 18.3 Å². The fourth-order valence-corrected chi connectivity index (χ4v) is 3.24. The van der Waals surface area contributed by atoms with Crippen molar-refractivity contribution < 1.29 is 18.3 Å². The molecule has 1 saturated heterocycles. The molecule has 1 aliphatic heterocycles. The highest BCUT2D eigenvalue weighted by atomic mass is 35.5. The van der Waals surface area contributed by atoms with Crippen LogP contribution in [0.1, 0.15) is 16.8 Å². The van der Waals surface area contributed by atoms with Crippen LogP contribution in [-0.4, -0.2) is 51.7 Å². The zero-order valence-electron chi connectivity index (χ0n) is 12.1. The average molecular weight is 350 g/mol. The predicted octanol–water partition coefficient (Wildman–Crippen LogP) is -0.529. The molecule has 1 heterocycles. The first kappa shape index (κ1) is 18.9. The second kappa shape index (κ2) is 7.38.